The van der Waals surface area contributed by atoms with Crippen LogP contribution in [0.4, 0.5) is 5.82 Å². The first-order chi connectivity index (χ1) is 6.02. The van der Waals surface area contributed by atoms with Gasteiger partial charge in [0.1, 0.15) is 5.78 Å². The Morgan fingerprint density at radius 3 is 2.71 bits per heavy atom. The Bertz CT molecular complexity index is 400. The summed E-state index contributed by atoms with van der Waals surface area (Å²) in [7, 11) is 0. The van der Waals surface area contributed by atoms with Crippen LogP contribution >= 0.6 is 0 Å². The number of carbonyl (C=O) groups is 1. The molecule has 0 unspecified atom stereocenters. The third-order valence-corrected chi connectivity index (χ3v) is 1.63. The van der Waals surface area contributed by atoms with Gasteiger partial charge in [-0.3, -0.25) is 9.59 Å². The number of rotatable bonds is 2. The summed E-state index contributed by atoms with van der Waals surface area (Å²) in [4.78, 5) is 25.6. The Kier molecular flexibility index (Phi) is 4.71. The summed E-state index contributed by atoms with van der Waals surface area (Å²) in [5, 5.41) is 0. The van der Waals surface area contributed by atoms with Gasteiger partial charge in [0.25, 0.3) is 0 Å². The van der Waals surface area contributed by atoms with Crippen molar-refractivity contribution in [2.75, 3.05) is 0 Å². The second-order valence-electron chi connectivity index (χ2n) is 2.84. The summed E-state index contributed by atoms with van der Waals surface area (Å²) in [6, 6.07) is 0. The zero-order chi connectivity index (χ0) is 10.0. The molecule has 0 atom stereocenters. The number of carbonyl (C=O) groups excluding carboxylic acids is 1. The number of Topliss-reactive ketones (excluding diaryl/α,β-unsaturated/α-hetero) is 1. The number of hydrogen-bond donors (Lipinski definition) is 0. The van der Waals surface area contributed by atoms with Crippen molar-refractivity contribution in [3.05, 3.63) is 28.0 Å². The molecule has 6 heteroatoms. The number of aromatic nitrogens is 2. The maximum Gasteiger partial charge on any atom is 0.249 e. The Labute approximate surface area is 95.6 Å². The van der Waals surface area contributed by atoms with Gasteiger partial charge in [-0.25, -0.2) is 0 Å². The molecule has 0 aromatic carbocycles. The van der Waals surface area contributed by atoms with Gasteiger partial charge in [0.15, 0.2) is 0 Å². The largest absolute Gasteiger partial charge is 0.478 e. The van der Waals surface area contributed by atoms with Gasteiger partial charge in [0.05, 0.1) is 6.54 Å². The monoisotopic (exact) mass is 364 g/mol. The van der Waals surface area contributed by atoms with E-state index < -0.39 is 5.56 Å². The van der Waals surface area contributed by atoms with E-state index in [1.807, 2.05) is 0 Å². The fourth-order valence-electron chi connectivity index (χ4n) is 0.990. The van der Waals surface area contributed by atoms with Crippen LogP contribution in [0.2, 0.25) is 0 Å². The second-order valence-corrected chi connectivity index (χ2v) is 2.84. The van der Waals surface area contributed by atoms with Crippen molar-refractivity contribution >= 4 is 11.6 Å². The maximum atomic E-state index is 11.3. The summed E-state index contributed by atoms with van der Waals surface area (Å²) in [5.41, 5.74) is 7.22. The van der Waals surface area contributed by atoms with Gasteiger partial charge >= 0.3 is 0 Å². The molecule has 1 N–H and O–H groups in total. The SMILES string of the molecule is CC(=O)Cn1c(C)cnc([NH-])c1=O.[W]. The van der Waals surface area contributed by atoms with Crippen molar-refractivity contribution in [1.29, 1.82) is 0 Å². The zero-order valence-corrected chi connectivity index (χ0v) is 10.8. The minimum atomic E-state index is -0.518. The van der Waals surface area contributed by atoms with Crippen LogP contribution in [0.1, 0.15) is 12.6 Å². The van der Waals surface area contributed by atoms with Crippen molar-refractivity contribution in [3.8, 4) is 0 Å². The van der Waals surface area contributed by atoms with E-state index in [1.54, 1.807) is 6.92 Å². The molecule has 0 amide bonds. The number of nitrogens with zero attached hydrogens (tertiary/aromatic N) is 2. The standard InChI is InChI=1S/C8H10N3O2.W/c1-5-3-10-7(9)8(13)11(5)4-6(2)12;/h3H,4H2,1-2H3,(H-,9,10);/q-1;. The van der Waals surface area contributed by atoms with E-state index in [-0.39, 0.29) is 39.2 Å². The molecule has 0 bridgehead atoms. The van der Waals surface area contributed by atoms with Gasteiger partial charge in [-0.05, 0) is 13.8 Å². The summed E-state index contributed by atoms with van der Waals surface area (Å²) < 4.78 is 1.25. The number of nitrogens with one attached hydrogen (secondary N) is 1. The fraction of sp³-hybridized carbons (Fsp3) is 0.375. The van der Waals surface area contributed by atoms with E-state index in [1.165, 1.54) is 17.7 Å². The average Bonchev–Trinajstić information content (AvgIpc) is 2.05. The molecule has 1 rings (SSSR count). The molecule has 0 aliphatic heterocycles. The third-order valence-electron chi connectivity index (χ3n) is 1.63. The van der Waals surface area contributed by atoms with Gasteiger partial charge < -0.3 is 15.3 Å². The Balaban J connectivity index is 0.00000169. The normalized spacial score (nSPS) is 9.29. The summed E-state index contributed by atoms with van der Waals surface area (Å²) in [5.74, 6) is -0.442. The molecular formula is C8H10N3O2W-. The van der Waals surface area contributed by atoms with Crippen molar-refractivity contribution < 1.29 is 25.9 Å². The van der Waals surface area contributed by atoms with Crippen molar-refractivity contribution in [2.45, 2.75) is 20.4 Å². The van der Waals surface area contributed by atoms with Gasteiger partial charge in [-0.15, -0.1) is 0 Å². The van der Waals surface area contributed by atoms with Crippen LogP contribution in [0, 0.1) is 6.92 Å². The predicted octanol–water partition coefficient (Wildman–Crippen LogP) is 0.822. The molecule has 0 aliphatic rings. The molecule has 1 heterocycles. The molecule has 1 aromatic rings. The Morgan fingerprint density at radius 2 is 2.21 bits per heavy atom. The number of aryl methyl sites for hydroxylation is 1. The van der Waals surface area contributed by atoms with Gasteiger partial charge in [0.2, 0.25) is 5.56 Å². The van der Waals surface area contributed by atoms with E-state index in [2.05, 4.69) is 4.98 Å². The molecule has 5 nitrogen and oxygen atoms in total. The van der Waals surface area contributed by atoms with Gasteiger partial charge in [-0.1, -0.05) is 6.20 Å². The van der Waals surface area contributed by atoms with Gasteiger partial charge in [-0.2, -0.15) is 0 Å². The minimum Gasteiger partial charge on any atom is -0.478 e. The van der Waals surface area contributed by atoms with Crippen LogP contribution in [0.15, 0.2) is 11.0 Å². The average molecular weight is 364 g/mol. The van der Waals surface area contributed by atoms with E-state index >= 15 is 0 Å². The molecular weight excluding hydrogens is 354 g/mol. The molecule has 0 aliphatic carbocycles. The number of ketones is 1. The molecule has 0 saturated carbocycles. The first-order valence-electron chi connectivity index (χ1n) is 3.80. The van der Waals surface area contributed by atoms with E-state index in [9.17, 15) is 9.59 Å². The van der Waals surface area contributed by atoms with Crippen LogP contribution < -0.4 is 5.56 Å². The minimum absolute atomic E-state index is 0. The molecule has 1 aromatic heterocycles. The quantitative estimate of drug-likeness (QED) is 0.780. The van der Waals surface area contributed by atoms with Crippen molar-refractivity contribution in [1.82, 2.24) is 9.55 Å². The molecule has 14 heavy (non-hydrogen) atoms. The van der Waals surface area contributed by atoms with Crippen LogP contribution in [-0.2, 0) is 32.4 Å². The van der Waals surface area contributed by atoms with Crippen LogP contribution in [0.5, 0.6) is 0 Å². The zero-order valence-electron chi connectivity index (χ0n) is 7.90. The van der Waals surface area contributed by atoms with Gasteiger partial charge in [0, 0.05) is 32.6 Å². The van der Waals surface area contributed by atoms with E-state index in [0.717, 1.165) is 0 Å². The van der Waals surface area contributed by atoms with Crippen molar-refractivity contribution in [2.24, 2.45) is 0 Å². The Hall–Kier alpha value is -0.962. The maximum absolute atomic E-state index is 11.3. The smallest absolute Gasteiger partial charge is 0.249 e. The first kappa shape index (κ1) is 13.0. The first-order valence-corrected chi connectivity index (χ1v) is 3.80. The van der Waals surface area contributed by atoms with E-state index in [4.69, 9.17) is 5.73 Å². The van der Waals surface area contributed by atoms with Crippen LogP contribution in [0.25, 0.3) is 5.73 Å². The topological polar surface area (TPSA) is 75.8 Å². The predicted molar refractivity (Wildman–Crippen MR) is 47.9 cm³/mol. The second kappa shape index (κ2) is 5.05. The summed E-state index contributed by atoms with van der Waals surface area (Å²) >= 11 is 0. The third kappa shape index (κ3) is 2.77. The summed E-state index contributed by atoms with van der Waals surface area (Å²) in [6.45, 7) is 3.09. The molecule has 0 spiro atoms. The molecule has 76 valence electrons. The van der Waals surface area contributed by atoms with E-state index in [0.29, 0.717) is 5.69 Å². The van der Waals surface area contributed by atoms with Crippen molar-refractivity contribution in [3.63, 3.8) is 0 Å². The Morgan fingerprint density at radius 1 is 1.64 bits per heavy atom. The molecule has 0 fully saturated rings. The van der Waals surface area contributed by atoms with Crippen LogP contribution in [0.3, 0.4) is 0 Å². The summed E-state index contributed by atoms with van der Waals surface area (Å²) in [6.07, 6.45) is 1.41. The van der Waals surface area contributed by atoms with Crippen LogP contribution in [-0.4, -0.2) is 15.3 Å². The molecule has 0 saturated heterocycles. The number of hydrogen-bond acceptors (Lipinski definition) is 3. The molecule has 0 radical (unpaired) electrons. The fourth-order valence-corrected chi connectivity index (χ4v) is 0.990.